The summed E-state index contributed by atoms with van der Waals surface area (Å²) in [5.41, 5.74) is 1.27. The summed E-state index contributed by atoms with van der Waals surface area (Å²) in [5, 5.41) is 0. The molecule has 2 rings (SSSR count). The van der Waals surface area contributed by atoms with E-state index in [0.29, 0.717) is 17.7 Å². The molecule has 15 heavy (non-hydrogen) atoms. The number of hydrogen-bond donors (Lipinski definition) is 0. The third-order valence-corrected chi connectivity index (χ3v) is 2.47. The predicted molar refractivity (Wildman–Crippen MR) is 62.7 cm³/mol. The number of esters is 1. The maximum atomic E-state index is 11.3. The van der Waals surface area contributed by atoms with Gasteiger partial charge in [0.1, 0.15) is 5.52 Å². The van der Waals surface area contributed by atoms with Crippen LogP contribution in [0.15, 0.2) is 22.6 Å². The molecule has 0 amide bonds. The zero-order chi connectivity index (χ0) is 10.8. The molecule has 0 fully saturated rings. The highest BCUT2D eigenvalue weighted by molar-refractivity contribution is 14.1. The zero-order valence-electron chi connectivity index (χ0n) is 7.99. The number of nitrogens with zero attached hydrogens (tertiary/aromatic N) is 1. The maximum Gasteiger partial charge on any atom is 0.394 e. The first-order valence-corrected chi connectivity index (χ1v) is 5.52. The first-order valence-electron chi connectivity index (χ1n) is 4.44. The Kier molecular flexibility index (Phi) is 2.90. The van der Waals surface area contributed by atoms with Crippen LogP contribution in [0.5, 0.6) is 0 Å². The lowest BCUT2D eigenvalue weighted by Gasteiger charge is -1.94. The van der Waals surface area contributed by atoms with Crippen molar-refractivity contribution >= 4 is 39.7 Å². The fourth-order valence-electron chi connectivity index (χ4n) is 1.18. The van der Waals surface area contributed by atoms with E-state index in [-0.39, 0.29) is 5.89 Å². The fourth-order valence-corrected chi connectivity index (χ4v) is 1.66. The van der Waals surface area contributed by atoms with Crippen LogP contribution in [0, 0.1) is 3.57 Å². The quantitative estimate of drug-likeness (QED) is 0.631. The molecule has 0 spiro atoms. The van der Waals surface area contributed by atoms with Gasteiger partial charge in [-0.2, -0.15) is 0 Å². The third kappa shape index (κ3) is 2.11. The van der Waals surface area contributed by atoms with Gasteiger partial charge in [-0.15, -0.1) is 0 Å². The van der Waals surface area contributed by atoms with Crippen molar-refractivity contribution in [1.82, 2.24) is 4.98 Å². The number of carbonyl (C=O) groups is 1. The van der Waals surface area contributed by atoms with Gasteiger partial charge < -0.3 is 9.15 Å². The number of ether oxygens (including phenoxy) is 1. The number of oxazole rings is 1. The van der Waals surface area contributed by atoms with Gasteiger partial charge in [0.25, 0.3) is 0 Å². The van der Waals surface area contributed by atoms with E-state index in [9.17, 15) is 4.79 Å². The first kappa shape index (κ1) is 10.4. The summed E-state index contributed by atoms with van der Waals surface area (Å²) in [5.74, 6) is -0.516. The molecule has 4 nitrogen and oxygen atoms in total. The molecule has 0 atom stereocenters. The van der Waals surface area contributed by atoms with Crippen molar-refractivity contribution in [3.8, 4) is 0 Å². The Labute approximate surface area is 99.8 Å². The topological polar surface area (TPSA) is 52.3 Å². The minimum atomic E-state index is -0.524. The molecule has 0 bridgehead atoms. The number of hydrogen-bond acceptors (Lipinski definition) is 4. The van der Waals surface area contributed by atoms with Crippen LogP contribution in [0.4, 0.5) is 0 Å². The molecule has 78 valence electrons. The Hall–Kier alpha value is -1.11. The number of fused-ring (bicyclic) bond motifs is 1. The second kappa shape index (κ2) is 4.18. The molecule has 0 aliphatic carbocycles. The van der Waals surface area contributed by atoms with Crippen molar-refractivity contribution in [2.45, 2.75) is 6.92 Å². The normalized spacial score (nSPS) is 10.5. The number of carbonyl (C=O) groups excluding carboxylic acids is 1. The SMILES string of the molecule is CCOC(=O)c1nc2cc(I)ccc2o1. The van der Waals surface area contributed by atoms with E-state index in [1.165, 1.54) is 0 Å². The highest BCUT2D eigenvalue weighted by Gasteiger charge is 2.14. The Morgan fingerprint density at radius 3 is 3.13 bits per heavy atom. The van der Waals surface area contributed by atoms with Gasteiger partial charge in [-0.05, 0) is 47.7 Å². The van der Waals surface area contributed by atoms with E-state index in [2.05, 4.69) is 27.6 Å². The van der Waals surface area contributed by atoms with Crippen molar-refractivity contribution < 1.29 is 13.9 Å². The van der Waals surface area contributed by atoms with Gasteiger partial charge in [-0.3, -0.25) is 0 Å². The molecule has 0 unspecified atom stereocenters. The Morgan fingerprint density at radius 2 is 2.40 bits per heavy atom. The summed E-state index contributed by atoms with van der Waals surface area (Å²) >= 11 is 2.17. The molecule has 2 aromatic rings. The highest BCUT2D eigenvalue weighted by atomic mass is 127. The minimum Gasteiger partial charge on any atom is -0.459 e. The minimum absolute atomic E-state index is 0.00819. The van der Waals surface area contributed by atoms with E-state index in [1.54, 1.807) is 13.0 Å². The average molecular weight is 317 g/mol. The molecule has 1 aromatic carbocycles. The molecular weight excluding hydrogens is 309 g/mol. The zero-order valence-corrected chi connectivity index (χ0v) is 10.1. The Morgan fingerprint density at radius 1 is 1.60 bits per heavy atom. The van der Waals surface area contributed by atoms with Crippen molar-refractivity contribution in [2.75, 3.05) is 6.61 Å². The molecule has 0 saturated carbocycles. The lowest BCUT2D eigenvalue weighted by molar-refractivity contribution is 0.0483. The van der Waals surface area contributed by atoms with Crippen LogP contribution in [-0.4, -0.2) is 17.6 Å². The highest BCUT2D eigenvalue weighted by Crippen LogP contribution is 2.18. The molecule has 0 N–H and O–H groups in total. The lowest BCUT2D eigenvalue weighted by Crippen LogP contribution is -2.04. The molecule has 0 aliphatic rings. The Bertz CT molecular complexity index is 506. The van der Waals surface area contributed by atoms with Gasteiger partial charge in [0, 0.05) is 3.57 Å². The van der Waals surface area contributed by atoms with Crippen molar-refractivity contribution in [2.24, 2.45) is 0 Å². The second-order valence-electron chi connectivity index (χ2n) is 2.85. The van der Waals surface area contributed by atoms with Crippen LogP contribution in [0.1, 0.15) is 17.6 Å². The second-order valence-corrected chi connectivity index (χ2v) is 4.10. The van der Waals surface area contributed by atoms with Crippen LogP contribution in [0.25, 0.3) is 11.1 Å². The molecule has 1 aromatic heterocycles. The van der Waals surface area contributed by atoms with Crippen LogP contribution in [-0.2, 0) is 4.74 Å². The number of aromatic nitrogens is 1. The summed E-state index contributed by atoms with van der Waals surface area (Å²) in [6, 6.07) is 5.53. The summed E-state index contributed by atoms with van der Waals surface area (Å²) in [6.07, 6.45) is 0. The van der Waals surface area contributed by atoms with E-state index >= 15 is 0 Å². The molecule has 1 heterocycles. The summed E-state index contributed by atoms with van der Waals surface area (Å²) in [7, 11) is 0. The standard InChI is InChI=1S/C10H8INO3/c1-2-14-10(13)9-12-7-5-6(11)3-4-8(7)15-9/h3-5H,2H2,1H3. The predicted octanol–water partition coefficient (Wildman–Crippen LogP) is 2.61. The van der Waals surface area contributed by atoms with Crippen molar-refractivity contribution in [3.63, 3.8) is 0 Å². The summed E-state index contributed by atoms with van der Waals surface area (Å²) in [6.45, 7) is 2.05. The number of rotatable bonds is 2. The fraction of sp³-hybridized carbons (Fsp3) is 0.200. The lowest BCUT2D eigenvalue weighted by atomic mass is 10.3. The molecule has 5 heteroatoms. The van der Waals surface area contributed by atoms with E-state index < -0.39 is 5.97 Å². The van der Waals surface area contributed by atoms with Gasteiger partial charge in [0.2, 0.25) is 0 Å². The van der Waals surface area contributed by atoms with E-state index in [4.69, 9.17) is 9.15 Å². The van der Waals surface area contributed by atoms with Gasteiger partial charge in [-0.1, -0.05) is 0 Å². The van der Waals surface area contributed by atoms with Gasteiger partial charge in [0.05, 0.1) is 6.61 Å². The maximum absolute atomic E-state index is 11.3. The molecular formula is C10H8INO3. The van der Waals surface area contributed by atoms with Crippen LogP contribution in [0.3, 0.4) is 0 Å². The molecule has 0 aliphatic heterocycles. The van der Waals surface area contributed by atoms with Crippen molar-refractivity contribution in [1.29, 1.82) is 0 Å². The van der Waals surface area contributed by atoms with E-state index in [0.717, 1.165) is 3.57 Å². The van der Waals surface area contributed by atoms with Gasteiger partial charge >= 0.3 is 11.9 Å². The monoisotopic (exact) mass is 317 g/mol. The average Bonchev–Trinajstić information content (AvgIpc) is 2.60. The third-order valence-electron chi connectivity index (χ3n) is 1.80. The summed E-state index contributed by atoms with van der Waals surface area (Å²) in [4.78, 5) is 15.4. The van der Waals surface area contributed by atoms with E-state index in [1.807, 2.05) is 12.1 Å². The Balaban J connectivity index is 2.42. The smallest absolute Gasteiger partial charge is 0.394 e. The van der Waals surface area contributed by atoms with Crippen LogP contribution in [0.2, 0.25) is 0 Å². The summed E-state index contributed by atoms with van der Waals surface area (Å²) < 4.78 is 11.1. The van der Waals surface area contributed by atoms with Crippen molar-refractivity contribution in [3.05, 3.63) is 27.7 Å². The number of benzene rings is 1. The largest absolute Gasteiger partial charge is 0.459 e. The number of halogens is 1. The van der Waals surface area contributed by atoms with Gasteiger partial charge in [-0.25, -0.2) is 9.78 Å². The molecule has 0 saturated heterocycles. The van der Waals surface area contributed by atoms with Crippen LogP contribution >= 0.6 is 22.6 Å². The first-order chi connectivity index (χ1) is 7.20. The van der Waals surface area contributed by atoms with Crippen LogP contribution < -0.4 is 0 Å². The van der Waals surface area contributed by atoms with Gasteiger partial charge in [0.15, 0.2) is 5.58 Å². The molecule has 0 radical (unpaired) electrons.